The molecule has 4 rings (SSSR count). The highest BCUT2D eigenvalue weighted by Gasteiger charge is 2.42. The summed E-state index contributed by atoms with van der Waals surface area (Å²) in [4.78, 5) is 12.1. The van der Waals surface area contributed by atoms with E-state index in [1.54, 1.807) is 21.1 Å². The summed E-state index contributed by atoms with van der Waals surface area (Å²) >= 11 is 0. The first-order valence-corrected chi connectivity index (χ1v) is 10.6. The Balaban J connectivity index is 1.76. The second kappa shape index (κ2) is 8.84. The number of allylic oxidation sites excluding steroid dienone is 1. The molecular weight excluding hydrogens is 392 g/mol. The Bertz CT molecular complexity index is 1030. The first-order valence-electron chi connectivity index (χ1n) is 10.6. The van der Waals surface area contributed by atoms with Gasteiger partial charge in [0.1, 0.15) is 11.5 Å². The van der Waals surface area contributed by atoms with E-state index in [9.17, 15) is 4.79 Å². The van der Waals surface area contributed by atoms with Crippen LogP contribution in [-0.4, -0.2) is 37.5 Å². The molecule has 0 bridgehead atoms. The van der Waals surface area contributed by atoms with Crippen molar-refractivity contribution in [3.8, 4) is 11.5 Å². The number of carbonyl (C=O) groups is 1. The van der Waals surface area contributed by atoms with Gasteiger partial charge >= 0.3 is 5.97 Å². The Morgan fingerprint density at radius 1 is 1.13 bits per heavy atom. The molecule has 2 atom stereocenters. The molecule has 0 spiro atoms. The molecule has 2 aliphatic rings. The molecule has 0 N–H and O–H groups in total. The van der Waals surface area contributed by atoms with E-state index in [1.807, 2.05) is 30.1 Å². The van der Waals surface area contributed by atoms with Crippen molar-refractivity contribution in [1.82, 2.24) is 5.01 Å². The smallest absolute Gasteiger partial charge is 0.332 e. The van der Waals surface area contributed by atoms with Gasteiger partial charge in [0.05, 0.1) is 32.6 Å². The summed E-state index contributed by atoms with van der Waals surface area (Å²) in [5, 5.41) is 6.99. The third kappa shape index (κ3) is 4.02. The number of methoxy groups -OCH3 is 2. The van der Waals surface area contributed by atoms with E-state index in [4.69, 9.17) is 19.3 Å². The number of fused-ring (bicyclic) bond motifs is 3. The molecule has 0 saturated carbocycles. The van der Waals surface area contributed by atoms with Crippen molar-refractivity contribution in [3.05, 3.63) is 70.9 Å². The van der Waals surface area contributed by atoms with Gasteiger partial charge in [-0.2, -0.15) is 5.10 Å². The Hall–Kier alpha value is -3.28. The van der Waals surface area contributed by atoms with E-state index < -0.39 is 0 Å². The van der Waals surface area contributed by atoms with Crippen LogP contribution in [0, 0.1) is 5.92 Å². The Kier molecular flexibility index (Phi) is 5.98. The number of carbonyl (C=O) groups excluding carboxylic acids is 1. The topological polar surface area (TPSA) is 60.4 Å². The van der Waals surface area contributed by atoms with Gasteiger partial charge in [0.15, 0.2) is 0 Å². The molecule has 6 heteroatoms. The maximum Gasteiger partial charge on any atom is 0.332 e. The standard InChI is InChI=1S/C25H28N2O4/c1-5-31-23(28)14-16(2)27-25(17-6-9-19(29-3)10-7-17)22-12-8-18-15-20(30-4)11-13-21(18)24(22)26-27/h6-7,9-11,13-15,22,25H,5,8,12H2,1-4H3/b16-14+/t22-,25-/m0/s1. The van der Waals surface area contributed by atoms with Crippen LogP contribution in [0.25, 0.3) is 0 Å². The van der Waals surface area contributed by atoms with Gasteiger partial charge in [-0.3, -0.25) is 5.01 Å². The SMILES string of the molecule is CCOC(=O)/C=C(\C)N1N=C2c3ccc(OC)cc3CC[C@@H]2[C@@H]1c1ccc(OC)cc1. The minimum absolute atomic E-state index is 0.00170. The lowest BCUT2D eigenvalue weighted by Gasteiger charge is -2.31. The molecule has 1 heterocycles. The molecule has 2 aromatic carbocycles. The van der Waals surface area contributed by atoms with Crippen molar-refractivity contribution in [2.24, 2.45) is 11.0 Å². The summed E-state index contributed by atoms with van der Waals surface area (Å²) in [7, 11) is 3.35. The predicted octanol–water partition coefficient (Wildman–Crippen LogP) is 4.49. The summed E-state index contributed by atoms with van der Waals surface area (Å²) < 4.78 is 15.9. The molecule has 0 unspecified atom stereocenters. The number of nitrogens with zero attached hydrogens (tertiary/aromatic N) is 2. The van der Waals surface area contributed by atoms with Crippen molar-refractivity contribution in [1.29, 1.82) is 0 Å². The van der Waals surface area contributed by atoms with E-state index in [0.717, 1.165) is 46.9 Å². The zero-order valence-corrected chi connectivity index (χ0v) is 18.4. The van der Waals surface area contributed by atoms with Gasteiger partial charge in [0.25, 0.3) is 0 Å². The summed E-state index contributed by atoms with van der Waals surface area (Å²) in [6.45, 7) is 4.05. The third-order valence-electron chi connectivity index (χ3n) is 5.96. The fourth-order valence-electron chi connectivity index (χ4n) is 4.48. The minimum atomic E-state index is -0.353. The van der Waals surface area contributed by atoms with Gasteiger partial charge in [0, 0.05) is 23.3 Å². The van der Waals surface area contributed by atoms with E-state index >= 15 is 0 Å². The number of esters is 1. The maximum absolute atomic E-state index is 12.1. The van der Waals surface area contributed by atoms with Crippen LogP contribution in [0.3, 0.4) is 0 Å². The third-order valence-corrected chi connectivity index (χ3v) is 5.96. The highest BCUT2D eigenvalue weighted by atomic mass is 16.5. The largest absolute Gasteiger partial charge is 0.497 e. The van der Waals surface area contributed by atoms with Crippen LogP contribution >= 0.6 is 0 Å². The first kappa shape index (κ1) is 21.0. The van der Waals surface area contributed by atoms with E-state index in [1.165, 1.54) is 11.6 Å². The number of benzene rings is 2. The molecule has 0 amide bonds. The zero-order valence-electron chi connectivity index (χ0n) is 18.4. The van der Waals surface area contributed by atoms with E-state index in [-0.39, 0.29) is 17.9 Å². The fraction of sp³-hybridized carbons (Fsp3) is 0.360. The van der Waals surface area contributed by atoms with Gasteiger partial charge < -0.3 is 14.2 Å². The lowest BCUT2D eigenvalue weighted by atomic mass is 9.77. The van der Waals surface area contributed by atoms with Crippen LogP contribution in [0.2, 0.25) is 0 Å². The molecule has 0 saturated heterocycles. The molecule has 6 nitrogen and oxygen atoms in total. The van der Waals surface area contributed by atoms with Gasteiger partial charge in [-0.15, -0.1) is 0 Å². The normalized spacial score (nSPS) is 19.9. The fourth-order valence-corrected chi connectivity index (χ4v) is 4.48. The monoisotopic (exact) mass is 420 g/mol. The highest BCUT2D eigenvalue weighted by molar-refractivity contribution is 6.06. The van der Waals surface area contributed by atoms with Gasteiger partial charge in [-0.25, -0.2) is 4.79 Å². The molecule has 2 aromatic rings. The molecular formula is C25H28N2O4. The van der Waals surface area contributed by atoms with E-state index in [0.29, 0.717) is 6.61 Å². The second-order valence-corrected chi connectivity index (χ2v) is 7.75. The lowest BCUT2D eigenvalue weighted by molar-refractivity contribution is -0.137. The van der Waals surface area contributed by atoms with Gasteiger partial charge in [-0.1, -0.05) is 12.1 Å². The average Bonchev–Trinajstić information content (AvgIpc) is 3.19. The molecule has 31 heavy (non-hydrogen) atoms. The van der Waals surface area contributed by atoms with Crippen LogP contribution in [0.1, 0.15) is 43.0 Å². The summed E-state index contributed by atoms with van der Waals surface area (Å²) in [6.07, 6.45) is 3.45. The second-order valence-electron chi connectivity index (χ2n) is 7.75. The lowest BCUT2D eigenvalue weighted by Crippen LogP contribution is -2.28. The highest BCUT2D eigenvalue weighted by Crippen LogP contribution is 2.45. The molecule has 1 aliphatic heterocycles. The Morgan fingerprint density at radius 2 is 1.84 bits per heavy atom. The van der Waals surface area contributed by atoms with Crippen molar-refractivity contribution in [3.63, 3.8) is 0 Å². The minimum Gasteiger partial charge on any atom is -0.497 e. The number of aryl methyl sites for hydroxylation is 1. The molecule has 162 valence electrons. The summed E-state index contributed by atoms with van der Waals surface area (Å²) in [5.74, 6) is 1.54. The summed E-state index contributed by atoms with van der Waals surface area (Å²) in [5.41, 5.74) is 5.36. The first-order chi connectivity index (χ1) is 15.0. The number of hydrazone groups is 1. The quantitative estimate of drug-likeness (QED) is 0.509. The summed E-state index contributed by atoms with van der Waals surface area (Å²) in [6, 6.07) is 14.3. The van der Waals surface area contributed by atoms with Crippen LogP contribution in [-0.2, 0) is 16.0 Å². The van der Waals surface area contributed by atoms with Crippen molar-refractivity contribution >= 4 is 11.7 Å². The number of hydrogen-bond donors (Lipinski definition) is 0. The number of rotatable bonds is 6. The molecule has 0 fully saturated rings. The number of ether oxygens (including phenoxy) is 3. The Morgan fingerprint density at radius 3 is 2.52 bits per heavy atom. The van der Waals surface area contributed by atoms with Crippen LogP contribution in [0.15, 0.2) is 59.3 Å². The van der Waals surface area contributed by atoms with Crippen molar-refractivity contribution in [2.45, 2.75) is 32.7 Å². The maximum atomic E-state index is 12.1. The average molecular weight is 421 g/mol. The zero-order chi connectivity index (χ0) is 22.0. The van der Waals surface area contributed by atoms with Crippen LogP contribution in [0.4, 0.5) is 0 Å². The van der Waals surface area contributed by atoms with E-state index in [2.05, 4.69) is 24.3 Å². The van der Waals surface area contributed by atoms with Gasteiger partial charge in [0.2, 0.25) is 0 Å². The van der Waals surface area contributed by atoms with Crippen LogP contribution < -0.4 is 9.47 Å². The van der Waals surface area contributed by atoms with Crippen LogP contribution in [0.5, 0.6) is 11.5 Å². The predicted molar refractivity (Wildman–Crippen MR) is 119 cm³/mol. The molecule has 1 aliphatic carbocycles. The van der Waals surface area contributed by atoms with Crippen molar-refractivity contribution < 1.29 is 19.0 Å². The molecule has 0 aromatic heterocycles. The Labute approximate surface area is 183 Å². The van der Waals surface area contributed by atoms with Crippen molar-refractivity contribution in [2.75, 3.05) is 20.8 Å². The van der Waals surface area contributed by atoms with Gasteiger partial charge in [-0.05, 0) is 68.1 Å². The number of hydrogen-bond acceptors (Lipinski definition) is 6. The molecule has 0 radical (unpaired) electrons.